The van der Waals surface area contributed by atoms with Gasteiger partial charge in [0.1, 0.15) is 18.0 Å². The average Bonchev–Trinajstić information content (AvgIpc) is 2.78. The quantitative estimate of drug-likeness (QED) is 0.531. The first-order valence-corrected chi connectivity index (χ1v) is 10.8. The molecule has 0 saturated carbocycles. The highest BCUT2D eigenvalue weighted by molar-refractivity contribution is 7.92. The van der Waals surface area contributed by atoms with E-state index in [-0.39, 0.29) is 28.9 Å². The van der Waals surface area contributed by atoms with Crippen LogP contribution in [0.2, 0.25) is 0 Å². The van der Waals surface area contributed by atoms with Crippen LogP contribution in [0, 0.1) is 6.92 Å². The van der Waals surface area contributed by atoms with Crippen molar-refractivity contribution in [2.75, 3.05) is 30.4 Å². The highest BCUT2D eigenvalue weighted by Crippen LogP contribution is 2.32. The van der Waals surface area contributed by atoms with Gasteiger partial charge in [0.25, 0.3) is 10.0 Å². The van der Waals surface area contributed by atoms with Gasteiger partial charge >= 0.3 is 0 Å². The zero-order chi connectivity index (χ0) is 22.4. The molecule has 0 atom stereocenters. The molecule has 0 saturated heterocycles. The highest BCUT2D eigenvalue weighted by atomic mass is 35.5. The zero-order valence-electron chi connectivity index (χ0n) is 17.8. The van der Waals surface area contributed by atoms with Crippen LogP contribution in [0.3, 0.4) is 0 Å². The molecule has 1 N–H and O–H groups in total. The minimum atomic E-state index is -4.06. The first kappa shape index (κ1) is 25.0. The molecular weight excluding hydrogens is 454 g/mol. The van der Waals surface area contributed by atoms with Crippen molar-refractivity contribution >= 4 is 39.7 Å². The molecule has 8 nitrogen and oxygen atoms in total. The summed E-state index contributed by atoms with van der Waals surface area (Å²) in [7, 11) is -1.19. The number of rotatable bonds is 8. The van der Waals surface area contributed by atoms with Crippen LogP contribution < -0.4 is 19.1 Å². The number of methoxy groups -OCH3 is 2. The maximum atomic E-state index is 13.5. The predicted octanol–water partition coefficient (Wildman–Crippen LogP) is 3.66. The van der Waals surface area contributed by atoms with Crippen molar-refractivity contribution in [3.8, 4) is 11.6 Å². The fourth-order valence-corrected chi connectivity index (χ4v) is 4.37. The fraction of sp³-hybridized carbons (Fsp3) is 0.182. The van der Waals surface area contributed by atoms with Crippen molar-refractivity contribution in [3.05, 3.63) is 72.4 Å². The first-order chi connectivity index (χ1) is 14.9. The van der Waals surface area contributed by atoms with Gasteiger partial charge in [-0.15, -0.1) is 12.4 Å². The van der Waals surface area contributed by atoms with Gasteiger partial charge in [0.2, 0.25) is 11.8 Å². The van der Waals surface area contributed by atoms with Gasteiger partial charge in [-0.05, 0) is 43.3 Å². The van der Waals surface area contributed by atoms with Gasteiger partial charge in [-0.25, -0.2) is 13.4 Å². The monoisotopic (exact) mass is 477 g/mol. The third-order valence-corrected chi connectivity index (χ3v) is 6.26. The summed E-state index contributed by atoms with van der Waals surface area (Å²) in [4.78, 5) is 17.0. The number of aryl methyl sites for hydroxylation is 1. The number of amides is 1. The number of nitrogens with one attached hydrogen (secondary N) is 1. The Morgan fingerprint density at radius 1 is 1.00 bits per heavy atom. The Labute approximate surface area is 193 Å². The Morgan fingerprint density at radius 3 is 2.34 bits per heavy atom. The summed E-state index contributed by atoms with van der Waals surface area (Å²) in [5.74, 6) is -0.0149. The topological polar surface area (TPSA) is 97.8 Å². The molecule has 0 aliphatic heterocycles. The van der Waals surface area contributed by atoms with E-state index in [1.54, 1.807) is 48.5 Å². The van der Waals surface area contributed by atoms with E-state index in [0.717, 1.165) is 9.87 Å². The van der Waals surface area contributed by atoms with Gasteiger partial charge in [-0.1, -0.05) is 29.8 Å². The Morgan fingerprint density at radius 2 is 1.69 bits per heavy atom. The Bertz CT molecular complexity index is 1170. The molecule has 0 bridgehead atoms. The van der Waals surface area contributed by atoms with Crippen molar-refractivity contribution in [2.24, 2.45) is 0 Å². The summed E-state index contributed by atoms with van der Waals surface area (Å²) in [5.41, 5.74) is 1.51. The lowest BCUT2D eigenvalue weighted by Crippen LogP contribution is -2.38. The van der Waals surface area contributed by atoms with E-state index < -0.39 is 22.5 Å². The van der Waals surface area contributed by atoms with Crippen LogP contribution in [0.5, 0.6) is 11.6 Å². The number of carbonyl (C=O) groups is 1. The van der Waals surface area contributed by atoms with E-state index in [1.165, 1.54) is 32.5 Å². The number of sulfonamides is 1. The van der Waals surface area contributed by atoms with E-state index in [1.807, 2.05) is 6.92 Å². The number of carbonyl (C=O) groups excluding carboxylic acids is 1. The van der Waals surface area contributed by atoms with Crippen molar-refractivity contribution in [2.45, 2.75) is 11.8 Å². The van der Waals surface area contributed by atoms with E-state index in [2.05, 4.69) is 10.3 Å². The molecule has 170 valence electrons. The van der Waals surface area contributed by atoms with Crippen LogP contribution in [0.15, 0.2) is 71.8 Å². The van der Waals surface area contributed by atoms with Crippen LogP contribution in [0.4, 0.5) is 11.4 Å². The average molecular weight is 478 g/mol. The number of para-hydroxylation sites is 2. The summed E-state index contributed by atoms with van der Waals surface area (Å²) in [6.45, 7) is 1.39. The lowest BCUT2D eigenvalue weighted by atomic mass is 10.2. The summed E-state index contributed by atoms with van der Waals surface area (Å²) in [6, 6.07) is 16.3. The van der Waals surface area contributed by atoms with Crippen LogP contribution in [-0.2, 0) is 14.8 Å². The molecule has 0 aliphatic carbocycles. The smallest absolute Gasteiger partial charge is 0.264 e. The van der Waals surface area contributed by atoms with E-state index in [9.17, 15) is 13.2 Å². The highest BCUT2D eigenvalue weighted by Gasteiger charge is 2.29. The van der Waals surface area contributed by atoms with E-state index in [4.69, 9.17) is 9.47 Å². The second-order valence-electron chi connectivity index (χ2n) is 6.60. The molecule has 32 heavy (non-hydrogen) atoms. The lowest BCUT2D eigenvalue weighted by molar-refractivity contribution is -0.114. The maximum absolute atomic E-state index is 13.5. The standard InChI is InChI=1S/C22H23N3O5S.ClH/c1-16-10-12-17(13-11-16)31(27,28)25(19-8-4-5-9-20(19)29-2)15-21(26)24-18-7-6-14-23-22(18)30-3;/h4-14H,15H2,1-3H3,(H,24,26);1H. The molecule has 3 rings (SSSR count). The van der Waals surface area contributed by atoms with Gasteiger partial charge in [-0.2, -0.15) is 0 Å². The molecule has 1 amide bonds. The Balaban J connectivity index is 0.00000363. The van der Waals surface area contributed by atoms with Gasteiger partial charge in [0, 0.05) is 6.20 Å². The van der Waals surface area contributed by atoms with Gasteiger partial charge in [0.05, 0.1) is 24.8 Å². The minimum Gasteiger partial charge on any atom is -0.495 e. The normalized spacial score (nSPS) is 10.6. The second-order valence-corrected chi connectivity index (χ2v) is 8.47. The number of benzene rings is 2. The SMILES string of the molecule is COc1ccccc1N(CC(=O)Nc1cccnc1OC)S(=O)(=O)c1ccc(C)cc1.Cl. The van der Waals surface area contributed by atoms with Crippen molar-refractivity contribution < 1.29 is 22.7 Å². The van der Waals surface area contributed by atoms with Crippen molar-refractivity contribution in [1.29, 1.82) is 0 Å². The molecule has 0 aliphatic rings. The Kier molecular flexibility index (Phi) is 8.45. The predicted molar refractivity (Wildman–Crippen MR) is 125 cm³/mol. The number of aromatic nitrogens is 1. The van der Waals surface area contributed by atoms with Gasteiger partial charge in [0.15, 0.2) is 0 Å². The Hall–Kier alpha value is -3.30. The van der Waals surface area contributed by atoms with Crippen LogP contribution in [0.1, 0.15) is 5.56 Å². The molecule has 10 heteroatoms. The molecule has 0 radical (unpaired) electrons. The third-order valence-electron chi connectivity index (χ3n) is 4.49. The zero-order valence-corrected chi connectivity index (χ0v) is 19.4. The second kappa shape index (κ2) is 10.8. The minimum absolute atomic E-state index is 0. The molecule has 3 aromatic rings. The number of hydrogen-bond acceptors (Lipinski definition) is 6. The maximum Gasteiger partial charge on any atom is 0.264 e. The van der Waals surface area contributed by atoms with Crippen molar-refractivity contribution in [3.63, 3.8) is 0 Å². The summed E-state index contributed by atoms with van der Waals surface area (Å²) >= 11 is 0. The number of nitrogens with zero attached hydrogens (tertiary/aromatic N) is 2. The number of anilines is 2. The molecule has 1 aromatic heterocycles. The molecule has 1 heterocycles. The van der Waals surface area contributed by atoms with Crippen LogP contribution >= 0.6 is 12.4 Å². The van der Waals surface area contributed by atoms with Crippen LogP contribution in [0.25, 0.3) is 0 Å². The van der Waals surface area contributed by atoms with Gasteiger partial charge < -0.3 is 14.8 Å². The largest absolute Gasteiger partial charge is 0.495 e. The first-order valence-electron chi connectivity index (χ1n) is 9.38. The van der Waals surface area contributed by atoms with Crippen LogP contribution in [-0.4, -0.2) is 40.1 Å². The molecule has 2 aromatic carbocycles. The van der Waals surface area contributed by atoms with E-state index >= 15 is 0 Å². The lowest BCUT2D eigenvalue weighted by Gasteiger charge is -2.25. The molecule has 0 unspecified atom stereocenters. The third kappa shape index (κ3) is 5.49. The van der Waals surface area contributed by atoms with Crippen molar-refractivity contribution in [1.82, 2.24) is 4.98 Å². The fourth-order valence-electron chi connectivity index (χ4n) is 2.94. The molecule has 0 fully saturated rings. The molecule has 0 spiro atoms. The summed E-state index contributed by atoms with van der Waals surface area (Å²) < 4.78 is 38.5. The van der Waals surface area contributed by atoms with E-state index in [0.29, 0.717) is 11.4 Å². The summed E-state index contributed by atoms with van der Waals surface area (Å²) in [6.07, 6.45) is 1.53. The number of pyridine rings is 1. The number of halogens is 1. The number of ether oxygens (including phenoxy) is 2. The summed E-state index contributed by atoms with van der Waals surface area (Å²) in [5, 5.41) is 2.66. The molecular formula is C22H24ClN3O5S. The van der Waals surface area contributed by atoms with Gasteiger partial charge in [-0.3, -0.25) is 9.10 Å². The number of hydrogen-bond donors (Lipinski definition) is 1.